The Morgan fingerprint density at radius 1 is 0.644 bits per heavy atom. The largest absolute Gasteiger partial charge is 0.491 e. The van der Waals surface area contributed by atoms with Gasteiger partial charge in [-0.3, -0.25) is 14.5 Å². The minimum atomic E-state index is -0.213. The van der Waals surface area contributed by atoms with E-state index in [-0.39, 0.29) is 23.9 Å². The van der Waals surface area contributed by atoms with Crippen LogP contribution >= 0.6 is 0 Å². The molecule has 0 saturated heterocycles. The van der Waals surface area contributed by atoms with Gasteiger partial charge in [-0.1, -0.05) is 79.7 Å². The van der Waals surface area contributed by atoms with Crippen molar-refractivity contribution < 1.29 is 28.5 Å². The van der Waals surface area contributed by atoms with E-state index in [1.807, 2.05) is 79.9 Å². The van der Waals surface area contributed by atoms with E-state index < -0.39 is 0 Å². The SMILES string of the molecule is CCN(CC=CC(=O)Nc1cc2c(N[C@H](C)c3ccccc3)ncnc2cc1OCC1CC1)CCOC.COCCN(C)CC=CC(=O)Nc1cc2c(N[C@H](C)c3ccccc3)ncnc2cc1OCC1CC1. The van der Waals surface area contributed by atoms with Gasteiger partial charge in [0.25, 0.3) is 0 Å². The summed E-state index contributed by atoms with van der Waals surface area (Å²) in [5.74, 6) is 3.40. The van der Waals surface area contributed by atoms with E-state index >= 15 is 0 Å². The first kappa shape index (κ1) is 53.8. The lowest BCUT2D eigenvalue weighted by atomic mass is 10.1. The first-order chi connectivity index (χ1) is 35.6. The van der Waals surface area contributed by atoms with Gasteiger partial charge in [0.2, 0.25) is 11.8 Å². The van der Waals surface area contributed by atoms with Crippen LogP contribution < -0.4 is 30.7 Å². The predicted octanol–water partition coefficient (Wildman–Crippen LogP) is 9.72. The molecule has 2 fully saturated rings. The van der Waals surface area contributed by atoms with Crippen molar-refractivity contribution in [2.24, 2.45) is 11.8 Å². The average Bonchev–Trinajstić information content (AvgIpc) is 4.36. The second-order valence-electron chi connectivity index (χ2n) is 18.7. The normalized spacial score (nSPS) is 14.3. The number of hydrogen-bond acceptors (Lipinski definition) is 14. The Bertz CT molecular complexity index is 2750. The topological polar surface area (TPSA) is 177 Å². The van der Waals surface area contributed by atoms with Crippen LogP contribution in [0.1, 0.15) is 69.7 Å². The van der Waals surface area contributed by atoms with Gasteiger partial charge < -0.3 is 45.1 Å². The second-order valence-corrected chi connectivity index (χ2v) is 18.7. The first-order valence-corrected chi connectivity index (χ1v) is 25.4. The molecule has 386 valence electrons. The van der Waals surface area contributed by atoms with Crippen molar-refractivity contribution in [3.05, 3.63) is 133 Å². The van der Waals surface area contributed by atoms with E-state index in [4.69, 9.17) is 18.9 Å². The molecule has 2 aliphatic rings. The van der Waals surface area contributed by atoms with Crippen LogP contribution in [0, 0.1) is 11.8 Å². The zero-order valence-corrected chi connectivity index (χ0v) is 43.2. The standard InChI is InChI=1S/C29H37N5O3.C28H35N5O3/c1-4-34(15-16-36-3)14-8-11-28(35)33-26-17-24-25(18-27(26)37-19-22-12-13-22)30-20-31-29(24)32-21(2)23-9-6-5-7-10-23;1-20(22-8-5-4-6-9-22)31-28-23-16-25(32-27(34)10-7-13-33(2)14-15-35-3)26(36-18-21-11-12-21)17-24(23)29-19-30-28/h5-11,17-18,20-22H,4,12-16,19H2,1-3H3,(H,33,35)(H,30,31,32);4-10,16-17,19-21H,11-15,18H2,1-3H3,(H,32,34)(H,29,30,31)/t21-;20-/m11/s1. The Balaban J connectivity index is 0.000000214. The third-order valence-electron chi connectivity index (χ3n) is 12.7. The summed E-state index contributed by atoms with van der Waals surface area (Å²) >= 11 is 0. The van der Waals surface area contributed by atoms with Crippen LogP contribution in [0.15, 0.2) is 122 Å². The van der Waals surface area contributed by atoms with Gasteiger partial charge in [0.1, 0.15) is 35.8 Å². The molecule has 0 bridgehead atoms. The molecule has 0 unspecified atom stereocenters. The van der Waals surface area contributed by atoms with E-state index in [1.165, 1.54) is 25.7 Å². The average molecular weight is 993 g/mol. The molecule has 6 aromatic rings. The number of methoxy groups -OCH3 is 2. The molecule has 2 aromatic heterocycles. The van der Waals surface area contributed by atoms with Crippen molar-refractivity contribution in [2.45, 2.75) is 58.5 Å². The van der Waals surface area contributed by atoms with Gasteiger partial charge in [-0.05, 0) is 88.2 Å². The Hall–Kier alpha value is -6.98. The number of aromatic nitrogens is 4. The summed E-state index contributed by atoms with van der Waals surface area (Å²) in [5.41, 5.74) is 5.04. The molecule has 2 aliphatic carbocycles. The molecule has 16 heteroatoms. The zero-order valence-electron chi connectivity index (χ0n) is 43.2. The molecular weight excluding hydrogens is 921 g/mol. The Kier molecular flexibility index (Phi) is 20.4. The number of ether oxygens (including phenoxy) is 4. The maximum absolute atomic E-state index is 12.8. The maximum Gasteiger partial charge on any atom is 0.248 e. The molecule has 0 radical (unpaired) electrons. The number of nitrogens with one attached hydrogen (secondary N) is 4. The summed E-state index contributed by atoms with van der Waals surface area (Å²) in [6.45, 7) is 12.7. The van der Waals surface area contributed by atoms with Gasteiger partial charge in [0.05, 0.1) is 48.8 Å². The van der Waals surface area contributed by atoms with Crippen LogP contribution in [0.2, 0.25) is 0 Å². The minimum absolute atomic E-state index is 0.0469. The van der Waals surface area contributed by atoms with Crippen LogP contribution in [0.25, 0.3) is 21.8 Å². The third-order valence-corrected chi connectivity index (χ3v) is 12.7. The van der Waals surface area contributed by atoms with Crippen molar-refractivity contribution in [3.8, 4) is 11.5 Å². The predicted molar refractivity (Wildman–Crippen MR) is 291 cm³/mol. The zero-order chi connectivity index (χ0) is 51.4. The van der Waals surface area contributed by atoms with Gasteiger partial charge in [-0.25, -0.2) is 19.9 Å². The summed E-state index contributed by atoms with van der Waals surface area (Å²) in [6.07, 6.45) is 14.7. The number of amides is 2. The van der Waals surface area contributed by atoms with Crippen molar-refractivity contribution in [2.75, 3.05) is 102 Å². The van der Waals surface area contributed by atoms with Crippen LogP contribution in [-0.4, -0.2) is 122 Å². The summed E-state index contributed by atoms with van der Waals surface area (Å²) in [6, 6.07) is 28.1. The number of carbonyl (C=O) groups is 2. The highest BCUT2D eigenvalue weighted by Gasteiger charge is 2.25. The molecule has 73 heavy (non-hydrogen) atoms. The molecule has 16 nitrogen and oxygen atoms in total. The minimum Gasteiger partial charge on any atom is -0.491 e. The molecule has 4 N–H and O–H groups in total. The van der Waals surface area contributed by atoms with Crippen LogP contribution in [0.4, 0.5) is 23.0 Å². The number of hydrogen-bond donors (Lipinski definition) is 4. The fourth-order valence-electron chi connectivity index (χ4n) is 7.81. The van der Waals surface area contributed by atoms with E-state index in [0.717, 1.165) is 52.6 Å². The fourth-order valence-corrected chi connectivity index (χ4v) is 7.81. The molecule has 2 heterocycles. The highest BCUT2D eigenvalue weighted by atomic mass is 16.5. The fraction of sp³-hybridized carbons (Fsp3) is 0.404. The van der Waals surface area contributed by atoms with Crippen LogP contribution in [-0.2, 0) is 19.1 Å². The number of anilines is 4. The van der Waals surface area contributed by atoms with Gasteiger partial charge in [0.15, 0.2) is 0 Å². The number of rotatable bonds is 27. The molecule has 0 aliphatic heterocycles. The van der Waals surface area contributed by atoms with E-state index in [0.29, 0.717) is 85.9 Å². The summed E-state index contributed by atoms with van der Waals surface area (Å²) in [7, 11) is 5.36. The molecule has 8 rings (SSSR count). The molecule has 0 spiro atoms. The van der Waals surface area contributed by atoms with Crippen LogP contribution in [0.5, 0.6) is 11.5 Å². The van der Waals surface area contributed by atoms with Crippen molar-refractivity contribution in [1.82, 2.24) is 29.7 Å². The molecule has 4 aromatic carbocycles. The summed E-state index contributed by atoms with van der Waals surface area (Å²) in [4.78, 5) is 47.8. The lowest BCUT2D eigenvalue weighted by molar-refractivity contribution is -0.112. The number of carbonyl (C=O) groups excluding carboxylic acids is 2. The lowest BCUT2D eigenvalue weighted by Crippen LogP contribution is -2.27. The number of fused-ring (bicyclic) bond motifs is 2. The Morgan fingerprint density at radius 3 is 1.53 bits per heavy atom. The molecule has 2 atom stereocenters. The van der Waals surface area contributed by atoms with Gasteiger partial charge >= 0.3 is 0 Å². The quantitative estimate of drug-likeness (QED) is 0.0359. The van der Waals surface area contributed by atoms with Crippen molar-refractivity contribution in [3.63, 3.8) is 0 Å². The third kappa shape index (κ3) is 17.1. The highest BCUT2D eigenvalue weighted by molar-refractivity contribution is 6.04. The number of likely N-dealkylation sites (N-methyl/N-ethyl adjacent to an activating group) is 2. The summed E-state index contributed by atoms with van der Waals surface area (Å²) < 4.78 is 22.5. The first-order valence-electron chi connectivity index (χ1n) is 25.4. The second kappa shape index (κ2) is 27.7. The maximum atomic E-state index is 12.8. The molecule has 2 amide bonds. The molecule has 2 saturated carbocycles. The highest BCUT2D eigenvalue weighted by Crippen LogP contribution is 2.38. The number of benzene rings is 4. The van der Waals surface area contributed by atoms with Gasteiger partial charge in [-0.15, -0.1) is 0 Å². The van der Waals surface area contributed by atoms with E-state index in [2.05, 4.69) is 96.0 Å². The van der Waals surface area contributed by atoms with Gasteiger partial charge in [-0.2, -0.15) is 0 Å². The lowest BCUT2D eigenvalue weighted by Gasteiger charge is -2.18. The Morgan fingerprint density at radius 2 is 1.10 bits per heavy atom. The molecular formula is C57H72N10O6. The summed E-state index contributed by atoms with van der Waals surface area (Å²) in [5, 5.41) is 14.6. The van der Waals surface area contributed by atoms with E-state index in [1.54, 1.807) is 39.0 Å². The van der Waals surface area contributed by atoms with Gasteiger partial charge in [0, 0.05) is 87.5 Å². The van der Waals surface area contributed by atoms with Crippen molar-refractivity contribution >= 4 is 56.6 Å². The monoisotopic (exact) mass is 993 g/mol. The Labute approximate surface area is 430 Å². The van der Waals surface area contributed by atoms with E-state index in [9.17, 15) is 9.59 Å². The number of nitrogens with zero attached hydrogens (tertiary/aromatic N) is 6. The smallest absolute Gasteiger partial charge is 0.248 e. The van der Waals surface area contributed by atoms with Crippen molar-refractivity contribution in [1.29, 1.82) is 0 Å². The van der Waals surface area contributed by atoms with Crippen LogP contribution in [0.3, 0.4) is 0 Å².